The van der Waals surface area contributed by atoms with Crippen molar-refractivity contribution < 1.29 is 23.8 Å². The summed E-state index contributed by atoms with van der Waals surface area (Å²) in [5, 5.41) is 11.1. The molecule has 3 aromatic rings. The summed E-state index contributed by atoms with van der Waals surface area (Å²) in [7, 11) is 0. The molecule has 0 aromatic heterocycles. The average molecular weight is 474 g/mol. The number of hydrogen-bond acceptors (Lipinski definition) is 4. The van der Waals surface area contributed by atoms with Gasteiger partial charge in [0, 0.05) is 12.1 Å². The average Bonchev–Trinajstić information content (AvgIpc) is 3.12. The van der Waals surface area contributed by atoms with Gasteiger partial charge in [-0.2, -0.15) is 0 Å². The van der Waals surface area contributed by atoms with Crippen LogP contribution in [0, 0.1) is 5.82 Å². The molecular formula is C29H28FNO4. The molecule has 6 heteroatoms. The van der Waals surface area contributed by atoms with E-state index < -0.39 is 23.5 Å². The number of ketones is 1. The quantitative estimate of drug-likeness (QED) is 0.179. The van der Waals surface area contributed by atoms with E-state index in [1.165, 1.54) is 29.2 Å². The van der Waals surface area contributed by atoms with Gasteiger partial charge in [0.2, 0.25) is 0 Å². The van der Waals surface area contributed by atoms with Crippen LogP contribution in [-0.4, -0.2) is 28.3 Å². The van der Waals surface area contributed by atoms with Crippen LogP contribution in [0.3, 0.4) is 0 Å². The van der Waals surface area contributed by atoms with E-state index >= 15 is 0 Å². The fraction of sp³-hybridized carbons (Fsp3) is 0.241. The first-order chi connectivity index (χ1) is 17.0. The smallest absolute Gasteiger partial charge is 0.295 e. The molecule has 3 aromatic carbocycles. The highest BCUT2D eigenvalue weighted by Gasteiger charge is 2.46. The summed E-state index contributed by atoms with van der Waals surface area (Å²) in [5.41, 5.74) is 1.74. The number of unbranched alkanes of at least 4 members (excludes halogenated alkanes) is 2. The Morgan fingerprint density at radius 2 is 1.71 bits per heavy atom. The molecule has 1 amide bonds. The molecule has 1 aliphatic heterocycles. The number of hydrogen-bond donors (Lipinski definition) is 1. The molecule has 1 atom stereocenters. The van der Waals surface area contributed by atoms with E-state index in [-0.39, 0.29) is 23.4 Å². The number of likely N-dealkylation sites (tertiary alicyclic amines) is 1. The van der Waals surface area contributed by atoms with Gasteiger partial charge in [-0.3, -0.25) is 9.59 Å². The van der Waals surface area contributed by atoms with Gasteiger partial charge >= 0.3 is 0 Å². The minimum absolute atomic E-state index is 0.0272. The van der Waals surface area contributed by atoms with Crippen molar-refractivity contribution in [2.24, 2.45) is 0 Å². The molecule has 1 unspecified atom stereocenters. The zero-order chi connectivity index (χ0) is 24.8. The maximum Gasteiger partial charge on any atom is 0.295 e. The number of rotatable bonds is 9. The number of carbonyl (C=O) groups excluding carboxylic acids is 2. The number of halogens is 1. The van der Waals surface area contributed by atoms with Gasteiger partial charge in [-0.15, -0.1) is 0 Å². The van der Waals surface area contributed by atoms with Crippen LogP contribution in [0.15, 0.2) is 84.4 Å². The normalized spacial score (nSPS) is 17.1. The van der Waals surface area contributed by atoms with Crippen LogP contribution >= 0.6 is 0 Å². The first-order valence-corrected chi connectivity index (χ1v) is 11.8. The van der Waals surface area contributed by atoms with Crippen molar-refractivity contribution in [3.8, 4) is 5.75 Å². The predicted molar refractivity (Wildman–Crippen MR) is 132 cm³/mol. The van der Waals surface area contributed by atoms with Gasteiger partial charge in [0.1, 0.15) is 17.3 Å². The monoisotopic (exact) mass is 473 g/mol. The van der Waals surface area contributed by atoms with Crippen LogP contribution in [0.2, 0.25) is 0 Å². The van der Waals surface area contributed by atoms with Crippen LogP contribution < -0.4 is 4.74 Å². The Morgan fingerprint density at radius 1 is 0.971 bits per heavy atom. The van der Waals surface area contributed by atoms with E-state index in [4.69, 9.17) is 4.74 Å². The fourth-order valence-corrected chi connectivity index (χ4v) is 4.25. The third kappa shape index (κ3) is 5.43. The van der Waals surface area contributed by atoms with Crippen LogP contribution in [-0.2, 0) is 16.1 Å². The lowest BCUT2D eigenvalue weighted by atomic mass is 9.95. The Morgan fingerprint density at radius 3 is 2.43 bits per heavy atom. The molecule has 0 saturated carbocycles. The molecule has 1 N–H and O–H groups in total. The van der Waals surface area contributed by atoms with Gasteiger partial charge in [-0.25, -0.2) is 4.39 Å². The number of benzene rings is 3. The van der Waals surface area contributed by atoms with Crippen molar-refractivity contribution in [2.75, 3.05) is 6.61 Å². The molecule has 35 heavy (non-hydrogen) atoms. The highest BCUT2D eigenvalue weighted by Crippen LogP contribution is 2.41. The Hall–Kier alpha value is -3.93. The lowest BCUT2D eigenvalue weighted by molar-refractivity contribution is -0.140. The first-order valence-electron chi connectivity index (χ1n) is 11.8. The maximum atomic E-state index is 13.5. The predicted octanol–water partition coefficient (Wildman–Crippen LogP) is 6.02. The maximum absolute atomic E-state index is 13.5. The zero-order valence-corrected chi connectivity index (χ0v) is 19.6. The summed E-state index contributed by atoms with van der Waals surface area (Å²) in [5.74, 6) is -1.64. The van der Waals surface area contributed by atoms with Crippen LogP contribution in [0.4, 0.5) is 4.39 Å². The topological polar surface area (TPSA) is 66.8 Å². The number of carbonyl (C=O) groups is 2. The lowest BCUT2D eigenvalue weighted by Gasteiger charge is -2.26. The zero-order valence-electron chi connectivity index (χ0n) is 19.6. The van der Waals surface area contributed by atoms with Crippen LogP contribution in [0.5, 0.6) is 5.75 Å². The molecule has 0 radical (unpaired) electrons. The molecule has 4 rings (SSSR count). The van der Waals surface area contributed by atoms with Crippen LogP contribution in [0.25, 0.3) is 5.76 Å². The van der Waals surface area contributed by atoms with E-state index in [0.29, 0.717) is 17.9 Å². The van der Waals surface area contributed by atoms with Gasteiger partial charge in [0.15, 0.2) is 0 Å². The molecule has 5 nitrogen and oxygen atoms in total. The van der Waals surface area contributed by atoms with Crippen molar-refractivity contribution >= 4 is 17.4 Å². The molecule has 0 aliphatic carbocycles. The lowest BCUT2D eigenvalue weighted by Crippen LogP contribution is -2.29. The number of amides is 1. The molecule has 1 aliphatic rings. The van der Waals surface area contributed by atoms with E-state index in [2.05, 4.69) is 6.92 Å². The second-order valence-corrected chi connectivity index (χ2v) is 8.55. The van der Waals surface area contributed by atoms with Gasteiger partial charge < -0.3 is 14.7 Å². The van der Waals surface area contributed by atoms with E-state index in [1.807, 2.05) is 48.5 Å². The highest BCUT2D eigenvalue weighted by molar-refractivity contribution is 6.46. The van der Waals surface area contributed by atoms with E-state index in [1.54, 1.807) is 6.07 Å². The standard InChI is InChI=1S/C29H28FNO4/c1-2-3-7-17-35-24-12-8-11-22(18-24)26-25(27(32)21-13-15-23(30)16-14-21)28(33)29(34)31(26)19-20-9-5-4-6-10-20/h4-6,8-16,18,26,32H,2-3,7,17,19H2,1H3/b27-25+. The van der Waals surface area contributed by atoms with Gasteiger partial charge in [-0.1, -0.05) is 62.2 Å². The minimum Gasteiger partial charge on any atom is -0.507 e. The fourth-order valence-electron chi connectivity index (χ4n) is 4.25. The van der Waals surface area contributed by atoms with Crippen LogP contribution in [0.1, 0.15) is 48.9 Å². The van der Waals surface area contributed by atoms with Gasteiger partial charge in [-0.05, 0) is 53.9 Å². The molecular weight excluding hydrogens is 445 g/mol. The minimum atomic E-state index is -0.820. The Kier molecular flexibility index (Phi) is 7.60. The second kappa shape index (κ2) is 11.0. The van der Waals surface area contributed by atoms with Crippen molar-refractivity contribution in [2.45, 2.75) is 38.8 Å². The van der Waals surface area contributed by atoms with Gasteiger partial charge in [0.25, 0.3) is 11.7 Å². The second-order valence-electron chi connectivity index (χ2n) is 8.55. The van der Waals surface area contributed by atoms with Gasteiger partial charge in [0.05, 0.1) is 18.2 Å². The summed E-state index contributed by atoms with van der Waals surface area (Å²) in [6.45, 7) is 2.88. The molecule has 180 valence electrons. The number of nitrogens with zero attached hydrogens (tertiary/aromatic N) is 1. The number of aliphatic hydroxyl groups is 1. The van der Waals surface area contributed by atoms with Crippen molar-refractivity contribution in [1.29, 1.82) is 0 Å². The summed E-state index contributed by atoms with van der Waals surface area (Å²) >= 11 is 0. The molecule has 1 heterocycles. The highest BCUT2D eigenvalue weighted by atomic mass is 19.1. The number of ether oxygens (including phenoxy) is 1. The summed E-state index contributed by atoms with van der Waals surface area (Å²) in [6.07, 6.45) is 3.08. The first kappa shape index (κ1) is 24.2. The van der Waals surface area contributed by atoms with Crippen molar-refractivity contribution in [1.82, 2.24) is 4.90 Å². The largest absolute Gasteiger partial charge is 0.507 e. The molecule has 0 bridgehead atoms. The summed E-state index contributed by atoms with van der Waals surface area (Å²) < 4.78 is 19.4. The number of aliphatic hydroxyl groups excluding tert-OH is 1. The van der Waals surface area contributed by atoms with E-state index in [0.717, 1.165) is 24.8 Å². The molecule has 0 spiro atoms. The Labute approximate surface area is 204 Å². The SMILES string of the molecule is CCCCCOc1cccc(C2/C(=C(\O)c3ccc(F)cc3)C(=O)C(=O)N2Cc2ccccc2)c1. The summed E-state index contributed by atoms with van der Waals surface area (Å²) in [6, 6.07) is 21.0. The Balaban J connectivity index is 1.77. The van der Waals surface area contributed by atoms with E-state index in [9.17, 15) is 19.1 Å². The Bertz CT molecular complexity index is 1220. The number of Topliss-reactive ketones (excluding diaryl/α,β-unsaturated/α-hetero) is 1. The molecule has 1 fully saturated rings. The van der Waals surface area contributed by atoms with Crippen molar-refractivity contribution in [3.05, 3.63) is 107 Å². The van der Waals surface area contributed by atoms with Crippen molar-refractivity contribution in [3.63, 3.8) is 0 Å². The third-order valence-electron chi connectivity index (χ3n) is 6.04. The third-order valence-corrected chi connectivity index (χ3v) is 6.04. The molecule has 1 saturated heterocycles. The summed E-state index contributed by atoms with van der Waals surface area (Å²) in [4.78, 5) is 27.8.